The zero-order chi connectivity index (χ0) is 26.0. The normalized spacial score (nSPS) is 34.9. The number of hydrogen-bond acceptors (Lipinski definition) is 3. The van der Waals surface area contributed by atoms with Crippen molar-refractivity contribution in [3.05, 3.63) is 65.5 Å². The van der Waals surface area contributed by atoms with Gasteiger partial charge in [0.1, 0.15) is 0 Å². The third kappa shape index (κ3) is 4.07. The highest BCUT2D eigenvalue weighted by Gasteiger charge is 2.61. The lowest BCUT2D eigenvalue weighted by atomic mass is 9.69. The Morgan fingerprint density at radius 1 is 1.13 bits per heavy atom. The summed E-state index contributed by atoms with van der Waals surface area (Å²) in [4.78, 5) is 6.39. The Hall–Kier alpha value is -2.11. The first-order valence-corrected chi connectivity index (χ1v) is 15.0. The monoisotopic (exact) mass is 518 g/mol. The Morgan fingerprint density at radius 2 is 2.05 bits per heavy atom. The first-order chi connectivity index (χ1) is 18.4. The van der Waals surface area contributed by atoms with Crippen LogP contribution >= 0.6 is 0 Å². The van der Waals surface area contributed by atoms with E-state index in [9.17, 15) is 8.78 Å². The molecule has 1 aromatic carbocycles. The SMILES string of the molecule is CC[C@H](CC[C@@H]1CCC=C2C=C3CC[C@H](N4CCC(F)(F)C4)C[C@]34CC[C@@]21O4)c1ccc2ccncc2c1. The molecule has 3 aliphatic heterocycles. The van der Waals surface area contributed by atoms with Crippen molar-refractivity contribution < 1.29 is 13.5 Å². The van der Waals surface area contributed by atoms with Crippen LogP contribution in [0.3, 0.4) is 0 Å². The van der Waals surface area contributed by atoms with Gasteiger partial charge in [-0.2, -0.15) is 0 Å². The zero-order valence-electron chi connectivity index (χ0n) is 22.6. The molecule has 38 heavy (non-hydrogen) atoms. The maximum atomic E-state index is 14.0. The van der Waals surface area contributed by atoms with Crippen molar-refractivity contribution in [3.63, 3.8) is 0 Å². The van der Waals surface area contributed by atoms with Crippen molar-refractivity contribution in [1.29, 1.82) is 0 Å². The molecule has 2 saturated heterocycles. The van der Waals surface area contributed by atoms with Crippen LogP contribution in [-0.4, -0.2) is 46.1 Å². The highest BCUT2D eigenvalue weighted by molar-refractivity contribution is 5.82. The van der Waals surface area contributed by atoms with Gasteiger partial charge < -0.3 is 4.74 Å². The van der Waals surface area contributed by atoms with Crippen molar-refractivity contribution in [3.8, 4) is 0 Å². The van der Waals surface area contributed by atoms with Gasteiger partial charge >= 0.3 is 0 Å². The maximum absolute atomic E-state index is 14.0. The molecule has 202 valence electrons. The number of ether oxygens (including phenoxy) is 1. The molecule has 0 radical (unpaired) electrons. The molecule has 2 aromatic rings. The second-order valence-electron chi connectivity index (χ2n) is 12.7. The van der Waals surface area contributed by atoms with Crippen LogP contribution < -0.4 is 0 Å². The molecule has 3 nitrogen and oxygen atoms in total. The van der Waals surface area contributed by atoms with Crippen LogP contribution in [0.2, 0.25) is 0 Å². The number of allylic oxidation sites excluding steroid dienone is 1. The number of rotatable bonds is 6. The first kappa shape index (κ1) is 24.9. The summed E-state index contributed by atoms with van der Waals surface area (Å²) in [5.74, 6) is -1.47. The third-order valence-corrected chi connectivity index (χ3v) is 10.7. The number of likely N-dealkylation sites (tertiary alicyclic amines) is 1. The predicted molar refractivity (Wildman–Crippen MR) is 147 cm³/mol. The largest absolute Gasteiger partial charge is 0.359 e. The van der Waals surface area contributed by atoms with Crippen molar-refractivity contribution in [1.82, 2.24) is 9.88 Å². The van der Waals surface area contributed by atoms with Crippen LogP contribution in [0.4, 0.5) is 8.78 Å². The molecule has 1 aromatic heterocycles. The number of alkyl halides is 2. The average molecular weight is 519 g/mol. The van der Waals surface area contributed by atoms with Gasteiger partial charge in [-0.15, -0.1) is 0 Å². The second-order valence-corrected chi connectivity index (χ2v) is 12.7. The Bertz CT molecular complexity index is 1290. The van der Waals surface area contributed by atoms with Gasteiger partial charge in [-0.3, -0.25) is 9.88 Å². The third-order valence-electron chi connectivity index (χ3n) is 10.7. The number of fused-ring (bicyclic) bond motifs is 1. The van der Waals surface area contributed by atoms with E-state index in [1.165, 1.54) is 46.7 Å². The number of hydrogen-bond donors (Lipinski definition) is 0. The number of aromatic nitrogens is 1. The summed E-state index contributed by atoms with van der Waals surface area (Å²) >= 11 is 0. The van der Waals surface area contributed by atoms with Crippen molar-refractivity contribution in [2.24, 2.45) is 5.92 Å². The topological polar surface area (TPSA) is 25.4 Å². The van der Waals surface area contributed by atoms with Gasteiger partial charge in [0.15, 0.2) is 0 Å². The summed E-state index contributed by atoms with van der Waals surface area (Å²) < 4.78 is 35.4. The first-order valence-electron chi connectivity index (χ1n) is 15.0. The predicted octanol–water partition coefficient (Wildman–Crippen LogP) is 7.97. The summed E-state index contributed by atoms with van der Waals surface area (Å²) in [6, 6.07) is 9.18. The molecule has 7 rings (SSSR count). The molecule has 3 fully saturated rings. The number of benzene rings is 1. The molecule has 0 amide bonds. The van der Waals surface area contributed by atoms with Crippen LogP contribution in [0.25, 0.3) is 10.8 Å². The number of pyridine rings is 1. The highest BCUT2D eigenvalue weighted by Crippen LogP contribution is 2.61. The fourth-order valence-corrected chi connectivity index (χ4v) is 8.65. The van der Waals surface area contributed by atoms with E-state index in [0.29, 0.717) is 18.4 Å². The molecular formula is C33H40F2N2O. The zero-order valence-corrected chi connectivity index (χ0v) is 22.6. The van der Waals surface area contributed by atoms with E-state index in [4.69, 9.17) is 4.74 Å². The van der Waals surface area contributed by atoms with E-state index in [2.05, 4.69) is 53.2 Å². The van der Waals surface area contributed by atoms with Crippen LogP contribution in [0.15, 0.2) is 60.0 Å². The molecule has 5 heteroatoms. The van der Waals surface area contributed by atoms with Gasteiger partial charge in [0.25, 0.3) is 5.92 Å². The fourth-order valence-electron chi connectivity index (χ4n) is 8.65. The van der Waals surface area contributed by atoms with Crippen molar-refractivity contribution >= 4 is 10.8 Å². The molecule has 1 saturated carbocycles. The summed E-state index contributed by atoms with van der Waals surface area (Å²) in [6.45, 7) is 2.76. The van der Waals surface area contributed by atoms with E-state index in [1.54, 1.807) is 0 Å². The van der Waals surface area contributed by atoms with Gasteiger partial charge in [-0.25, -0.2) is 8.78 Å². The van der Waals surface area contributed by atoms with E-state index in [1.807, 2.05) is 12.4 Å². The van der Waals surface area contributed by atoms with E-state index >= 15 is 0 Å². The Balaban J connectivity index is 1.10. The minimum Gasteiger partial charge on any atom is -0.359 e. The average Bonchev–Trinajstić information content (AvgIpc) is 3.45. The van der Waals surface area contributed by atoms with Crippen LogP contribution in [0.5, 0.6) is 0 Å². The quantitative estimate of drug-likeness (QED) is 0.388. The van der Waals surface area contributed by atoms with Gasteiger partial charge in [-0.1, -0.05) is 31.2 Å². The summed E-state index contributed by atoms with van der Waals surface area (Å²) in [5.41, 5.74) is 3.88. The minimum atomic E-state index is -2.53. The van der Waals surface area contributed by atoms with Gasteiger partial charge in [0.05, 0.1) is 17.7 Å². The van der Waals surface area contributed by atoms with E-state index < -0.39 is 5.92 Å². The van der Waals surface area contributed by atoms with Gasteiger partial charge in [-0.05, 0) is 110 Å². The Labute approximate surface area is 225 Å². The molecule has 5 atom stereocenters. The van der Waals surface area contributed by atoms with Crippen LogP contribution in [-0.2, 0) is 4.74 Å². The number of nitrogens with zero attached hydrogens (tertiary/aromatic N) is 2. The highest BCUT2D eigenvalue weighted by atomic mass is 19.3. The molecule has 2 spiro atoms. The smallest absolute Gasteiger partial charge is 0.261 e. The lowest BCUT2D eigenvalue weighted by Gasteiger charge is -2.51. The Morgan fingerprint density at radius 3 is 2.89 bits per heavy atom. The molecule has 2 bridgehead atoms. The van der Waals surface area contributed by atoms with Crippen molar-refractivity contribution in [2.45, 2.75) is 107 Å². The van der Waals surface area contributed by atoms with E-state index in [-0.39, 0.29) is 30.2 Å². The molecule has 0 unspecified atom stereocenters. The fraction of sp³-hybridized carbons (Fsp3) is 0.606. The van der Waals surface area contributed by atoms with E-state index in [0.717, 1.165) is 44.9 Å². The molecule has 0 N–H and O–H groups in total. The minimum absolute atomic E-state index is 0.00522. The van der Waals surface area contributed by atoms with Crippen LogP contribution in [0.1, 0.15) is 89.0 Å². The lowest BCUT2D eigenvalue weighted by molar-refractivity contribution is -0.124. The summed E-state index contributed by atoms with van der Waals surface area (Å²) in [7, 11) is 0. The maximum Gasteiger partial charge on any atom is 0.261 e. The standard InChI is InChI=1S/C33H40F2N2O/c1-2-23(25-7-6-24-12-16-36-21-26(24)18-25)8-9-27-4-3-5-29-19-28-10-11-30(37-17-15-32(34,35)22-37)20-31(28)13-14-33(27,29)38-31/h5-7,12,16,18-19,21,23,27,30H,2-4,8-11,13-15,17,20,22H2,1H3/t23-,27+,30+,31-,33+/m1/s1. The van der Waals surface area contributed by atoms with Gasteiger partial charge in [0, 0.05) is 36.8 Å². The molecule has 2 aliphatic carbocycles. The van der Waals surface area contributed by atoms with Crippen LogP contribution in [0, 0.1) is 5.92 Å². The molecule has 5 aliphatic rings. The number of halogens is 2. The molecular weight excluding hydrogens is 478 g/mol. The van der Waals surface area contributed by atoms with Crippen molar-refractivity contribution in [2.75, 3.05) is 13.1 Å². The lowest BCUT2D eigenvalue weighted by Crippen LogP contribution is -2.52. The molecule has 4 heterocycles. The summed E-state index contributed by atoms with van der Waals surface area (Å²) in [5, 5.41) is 2.47. The van der Waals surface area contributed by atoms with Gasteiger partial charge in [0.2, 0.25) is 0 Å². The second kappa shape index (κ2) is 9.23. The Kier molecular flexibility index (Phi) is 6.05. The summed E-state index contributed by atoms with van der Waals surface area (Å²) in [6.07, 6.45) is 19.5.